The second-order valence-electron chi connectivity index (χ2n) is 7.30. The highest BCUT2D eigenvalue weighted by Gasteiger charge is 2.49. The summed E-state index contributed by atoms with van der Waals surface area (Å²) in [6, 6.07) is 1.38. The first-order valence-corrected chi connectivity index (χ1v) is 7.75. The Hall–Kier alpha value is -0.0800. The zero-order chi connectivity index (χ0) is 13.3. The first kappa shape index (κ1) is 14.3. The average molecular weight is 253 g/mol. The largest absolute Gasteiger partial charge is 0.381 e. The van der Waals surface area contributed by atoms with E-state index in [1.165, 1.54) is 32.1 Å². The molecule has 2 fully saturated rings. The summed E-state index contributed by atoms with van der Waals surface area (Å²) in [5.41, 5.74) is 0.299. The van der Waals surface area contributed by atoms with E-state index in [4.69, 9.17) is 4.74 Å². The Morgan fingerprint density at radius 3 is 2.39 bits per heavy atom. The van der Waals surface area contributed by atoms with E-state index in [0.29, 0.717) is 17.6 Å². The molecule has 0 aromatic heterocycles. The second-order valence-corrected chi connectivity index (χ2v) is 7.30. The van der Waals surface area contributed by atoms with Gasteiger partial charge < -0.3 is 10.1 Å². The lowest BCUT2D eigenvalue weighted by molar-refractivity contribution is -0.103. The molecule has 2 aliphatic rings. The van der Waals surface area contributed by atoms with Gasteiger partial charge in [-0.15, -0.1) is 0 Å². The first-order valence-electron chi connectivity index (χ1n) is 7.75. The van der Waals surface area contributed by atoms with Crippen LogP contribution in [0.3, 0.4) is 0 Å². The first-order chi connectivity index (χ1) is 8.46. The Kier molecular flexibility index (Phi) is 4.38. The maximum Gasteiger partial charge on any atom is 0.0652 e. The van der Waals surface area contributed by atoms with Gasteiger partial charge in [0.05, 0.1) is 6.10 Å². The van der Waals surface area contributed by atoms with Gasteiger partial charge in [0.25, 0.3) is 0 Å². The van der Waals surface area contributed by atoms with E-state index >= 15 is 0 Å². The fourth-order valence-electron chi connectivity index (χ4n) is 3.99. The van der Waals surface area contributed by atoms with E-state index in [0.717, 1.165) is 17.9 Å². The van der Waals surface area contributed by atoms with Crippen molar-refractivity contribution < 1.29 is 4.74 Å². The van der Waals surface area contributed by atoms with Crippen LogP contribution in [0.15, 0.2) is 0 Å². The number of hydrogen-bond donors (Lipinski definition) is 1. The van der Waals surface area contributed by atoms with Crippen molar-refractivity contribution in [3.63, 3.8) is 0 Å². The van der Waals surface area contributed by atoms with Gasteiger partial charge in [-0.2, -0.15) is 0 Å². The van der Waals surface area contributed by atoms with Crippen LogP contribution < -0.4 is 5.32 Å². The van der Waals surface area contributed by atoms with Gasteiger partial charge in [0.2, 0.25) is 0 Å². The molecule has 2 aliphatic carbocycles. The van der Waals surface area contributed by atoms with Crippen molar-refractivity contribution in [1.82, 2.24) is 5.32 Å². The molecule has 2 nitrogen and oxygen atoms in total. The minimum Gasteiger partial charge on any atom is -0.381 e. The minimum atomic E-state index is 0.299. The van der Waals surface area contributed by atoms with Crippen molar-refractivity contribution in [2.45, 2.75) is 78.0 Å². The predicted molar refractivity (Wildman–Crippen MR) is 76.7 cm³/mol. The lowest BCUT2D eigenvalue weighted by Gasteiger charge is -2.53. The van der Waals surface area contributed by atoms with Crippen molar-refractivity contribution in [3.8, 4) is 0 Å². The molecule has 0 aliphatic heterocycles. The molecule has 0 spiro atoms. The summed E-state index contributed by atoms with van der Waals surface area (Å²) in [5.74, 6) is 1.68. The van der Waals surface area contributed by atoms with Gasteiger partial charge in [0.15, 0.2) is 0 Å². The average Bonchev–Trinajstić information content (AvgIpc) is 2.34. The lowest BCUT2D eigenvalue weighted by atomic mass is 9.63. The Bertz CT molecular complexity index is 274. The zero-order valence-corrected chi connectivity index (χ0v) is 12.8. The maximum atomic E-state index is 5.56. The van der Waals surface area contributed by atoms with Crippen molar-refractivity contribution in [2.24, 2.45) is 17.3 Å². The van der Waals surface area contributed by atoms with Gasteiger partial charge in [0.1, 0.15) is 0 Å². The van der Waals surface area contributed by atoms with Gasteiger partial charge in [-0.05, 0) is 31.1 Å². The molecule has 1 N–H and O–H groups in total. The standard InChI is InChI=1S/C16H31NO/c1-11(2)12-8-6-7-9-13(12)17-14-10-15(18-5)16(14,3)4/h11-15,17H,6-10H2,1-5H3. The van der Waals surface area contributed by atoms with Crippen molar-refractivity contribution >= 4 is 0 Å². The third kappa shape index (κ3) is 2.60. The van der Waals surface area contributed by atoms with E-state index in [1.54, 1.807) is 0 Å². The minimum absolute atomic E-state index is 0.299. The molecule has 4 unspecified atom stereocenters. The molecule has 0 aromatic rings. The molecule has 18 heavy (non-hydrogen) atoms. The normalized spacial score (nSPS) is 39.7. The Balaban J connectivity index is 1.92. The van der Waals surface area contributed by atoms with Gasteiger partial charge in [-0.3, -0.25) is 0 Å². The van der Waals surface area contributed by atoms with Crippen molar-refractivity contribution in [3.05, 3.63) is 0 Å². The van der Waals surface area contributed by atoms with Crippen LogP contribution in [0.25, 0.3) is 0 Å². The highest BCUT2D eigenvalue weighted by molar-refractivity contribution is 5.04. The van der Waals surface area contributed by atoms with Crippen LogP contribution in [0.1, 0.15) is 59.8 Å². The van der Waals surface area contributed by atoms with Gasteiger partial charge in [-0.1, -0.05) is 40.5 Å². The fraction of sp³-hybridized carbons (Fsp3) is 1.00. The molecule has 0 amide bonds. The van der Waals surface area contributed by atoms with E-state index in [1.807, 2.05) is 7.11 Å². The molecule has 0 heterocycles. The van der Waals surface area contributed by atoms with Crippen LogP contribution >= 0.6 is 0 Å². The van der Waals surface area contributed by atoms with Gasteiger partial charge in [-0.25, -0.2) is 0 Å². The maximum absolute atomic E-state index is 5.56. The van der Waals surface area contributed by atoms with E-state index in [9.17, 15) is 0 Å². The third-order valence-corrected chi connectivity index (χ3v) is 5.55. The summed E-state index contributed by atoms with van der Waals surface area (Å²) in [5, 5.41) is 3.96. The molecule has 4 atom stereocenters. The summed E-state index contributed by atoms with van der Waals surface area (Å²) in [4.78, 5) is 0. The summed E-state index contributed by atoms with van der Waals surface area (Å²) in [6.07, 6.45) is 7.24. The highest BCUT2D eigenvalue weighted by atomic mass is 16.5. The van der Waals surface area contributed by atoms with Crippen LogP contribution in [0.5, 0.6) is 0 Å². The zero-order valence-electron chi connectivity index (χ0n) is 12.8. The summed E-state index contributed by atoms with van der Waals surface area (Å²) in [6.45, 7) is 9.45. The van der Waals surface area contributed by atoms with E-state index in [-0.39, 0.29) is 0 Å². The van der Waals surface area contributed by atoms with Crippen molar-refractivity contribution in [2.75, 3.05) is 7.11 Å². The van der Waals surface area contributed by atoms with Crippen LogP contribution in [-0.2, 0) is 4.74 Å². The second kappa shape index (κ2) is 5.50. The lowest BCUT2D eigenvalue weighted by Crippen LogP contribution is -2.63. The number of hydrogen-bond acceptors (Lipinski definition) is 2. The SMILES string of the molecule is COC1CC(NC2CCCCC2C(C)C)C1(C)C. The topological polar surface area (TPSA) is 21.3 Å². The molecule has 2 saturated carbocycles. The van der Waals surface area contributed by atoms with Gasteiger partial charge >= 0.3 is 0 Å². The molecular formula is C16H31NO. The Morgan fingerprint density at radius 1 is 1.17 bits per heavy atom. The summed E-state index contributed by atoms with van der Waals surface area (Å²) >= 11 is 0. The Labute approximate surface area is 113 Å². The molecule has 106 valence electrons. The predicted octanol–water partition coefficient (Wildman–Crippen LogP) is 3.60. The smallest absolute Gasteiger partial charge is 0.0652 e. The van der Waals surface area contributed by atoms with Gasteiger partial charge in [0, 0.05) is 24.6 Å². The molecule has 2 rings (SSSR count). The number of rotatable bonds is 4. The number of methoxy groups -OCH3 is 1. The molecule has 2 heteroatoms. The Morgan fingerprint density at radius 2 is 1.83 bits per heavy atom. The molecule has 0 radical (unpaired) electrons. The summed E-state index contributed by atoms with van der Waals surface area (Å²) < 4.78 is 5.56. The number of nitrogens with one attached hydrogen (secondary N) is 1. The number of ether oxygens (including phenoxy) is 1. The quantitative estimate of drug-likeness (QED) is 0.826. The van der Waals surface area contributed by atoms with Crippen LogP contribution in [0.4, 0.5) is 0 Å². The molecule has 0 aromatic carbocycles. The van der Waals surface area contributed by atoms with Crippen LogP contribution in [-0.4, -0.2) is 25.3 Å². The molecule has 0 saturated heterocycles. The van der Waals surface area contributed by atoms with E-state index < -0.39 is 0 Å². The highest BCUT2D eigenvalue weighted by Crippen LogP contribution is 2.43. The molecular weight excluding hydrogens is 222 g/mol. The molecule has 0 bridgehead atoms. The fourth-order valence-corrected chi connectivity index (χ4v) is 3.99. The van der Waals surface area contributed by atoms with Crippen LogP contribution in [0, 0.1) is 17.3 Å². The van der Waals surface area contributed by atoms with Crippen molar-refractivity contribution in [1.29, 1.82) is 0 Å². The van der Waals surface area contributed by atoms with E-state index in [2.05, 4.69) is 33.0 Å². The van der Waals surface area contributed by atoms with Crippen LogP contribution in [0.2, 0.25) is 0 Å². The monoisotopic (exact) mass is 253 g/mol. The third-order valence-electron chi connectivity index (χ3n) is 5.55. The summed E-state index contributed by atoms with van der Waals surface area (Å²) in [7, 11) is 1.85.